The zero-order valence-electron chi connectivity index (χ0n) is 11.1. The van der Waals surface area contributed by atoms with E-state index in [0.717, 1.165) is 17.9 Å². The summed E-state index contributed by atoms with van der Waals surface area (Å²) in [5, 5.41) is 0. The number of hydrogen-bond donors (Lipinski definition) is 1. The van der Waals surface area contributed by atoms with Crippen molar-refractivity contribution in [2.75, 3.05) is 18.8 Å². The van der Waals surface area contributed by atoms with E-state index in [1.165, 1.54) is 30.6 Å². The number of nitrogen functional groups attached to an aromatic ring is 1. The van der Waals surface area contributed by atoms with E-state index >= 15 is 0 Å². The van der Waals surface area contributed by atoms with Crippen molar-refractivity contribution in [3.63, 3.8) is 0 Å². The topological polar surface area (TPSA) is 72.1 Å². The maximum Gasteiger partial charge on any atom is 0.266 e. The molecule has 1 aliphatic carbocycles. The van der Waals surface area contributed by atoms with Gasteiger partial charge in [0.1, 0.15) is 15.2 Å². The number of aromatic nitrogens is 2. The highest BCUT2D eigenvalue weighted by Gasteiger charge is 2.39. The number of nitrogens with zero attached hydrogens (tertiary/aromatic N) is 3. The van der Waals surface area contributed by atoms with Crippen LogP contribution in [0, 0.1) is 11.8 Å². The second-order valence-corrected chi connectivity index (χ2v) is 6.72. The molecule has 2 aromatic heterocycles. The first-order valence-corrected chi connectivity index (χ1v) is 7.84. The van der Waals surface area contributed by atoms with Gasteiger partial charge in [-0.3, -0.25) is 4.79 Å². The highest BCUT2D eigenvalue weighted by Crippen LogP contribution is 2.39. The van der Waals surface area contributed by atoms with Crippen molar-refractivity contribution >= 4 is 33.3 Å². The molecule has 2 aliphatic rings. The summed E-state index contributed by atoms with van der Waals surface area (Å²) in [5.74, 6) is 1.46. The molecule has 0 radical (unpaired) electrons. The van der Waals surface area contributed by atoms with Gasteiger partial charge in [0.15, 0.2) is 0 Å². The molecule has 6 heteroatoms. The lowest BCUT2D eigenvalue weighted by molar-refractivity contribution is 0.0786. The fourth-order valence-electron chi connectivity index (χ4n) is 3.55. The normalized spacial score (nSPS) is 25.3. The average Bonchev–Trinajstić information content (AvgIpc) is 3.11. The van der Waals surface area contributed by atoms with Crippen molar-refractivity contribution < 1.29 is 4.79 Å². The summed E-state index contributed by atoms with van der Waals surface area (Å²) < 4.78 is 0. The second kappa shape index (κ2) is 4.41. The standard InChI is InChI=1S/C14H16N4OS/c15-10-11-13(17-5-4-16-11)20-12(10)14(19)18-6-8-2-1-3-9(8)7-18/h4-5,8-9H,1-3,6-7,15H2. The van der Waals surface area contributed by atoms with Crippen LogP contribution in [0.2, 0.25) is 0 Å². The van der Waals surface area contributed by atoms with E-state index in [0.29, 0.717) is 27.9 Å². The van der Waals surface area contributed by atoms with Gasteiger partial charge in [-0.05, 0) is 24.7 Å². The molecule has 5 nitrogen and oxygen atoms in total. The number of carbonyl (C=O) groups is 1. The van der Waals surface area contributed by atoms with Crippen molar-refractivity contribution in [3.05, 3.63) is 17.3 Å². The fourth-order valence-corrected chi connectivity index (χ4v) is 4.54. The number of nitrogens with two attached hydrogens (primary N) is 1. The van der Waals surface area contributed by atoms with E-state index < -0.39 is 0 Å². The van der Waals surface area contributed by atoms with Crippen LogP contribution in [0.5, 0.6) is 0 Å². The minimum atomic E-state index is 0.0571. The Kier molecular flexibility index (Phi) is 2.66. The number of amides is 1. The zero-order valence-corrected chi connectivity index (χ0v) is 11.9. The van der Waals surface area contributed by atoms with Crippen LogP contribution in [-0.2, 0) is 0 Å². The van der Waals surface area contributed by atoms with E-state index in [1.807, 2.05) is 4.90 Å². The number of likely N-dealkylation sites (tertiary alicyclic amines) is 1. The summed E-state index contributed by atoms with van der Waals surface area (Å²) >= 11 is 1.36. The van der Waals surface area contributed by atoms with Crippen molar-refractivity contribution in [1.82, 2.24) is 14.9 Å². The van der Waals surface area contributed by atoms with Crippen molar-refractivity contribution in [3.8, 4) is 0 Å². The SMILES string of the molecule is Nc1c(C(=O)N2CC3CCCC3C2)sc2nccnc12. The predicted octanol–water partition coefficient (Wildman–Crippen LogP) is 2.15. The molecular formula is C14H16N4OS. The maximum atomic E-state index is 12.7. The van der Waals surface area contributed by atoms with Gasteiger partial charge in [-0.25, -0.2) is 9.97 Å². The maximum absolute atomic E-state index is 12.7. The van der Waals surface area contributed by atoms with Crippen LogP contribution in [0.4, 0.5) is 5.69 Å². The fraction of sp³-hybridized carbons (Fsp3) is 0.500. The lowest BCUT2D eigenvalue weighted by Gasteiger charge is -2.16. The Morgan fingerprint density at radius 3 is 2.65 bits per heavy atom. The van der Waals surface area contributed by atoms with Gasteiger partial charge in [0.25, 0.3) is 5.91 Å². The Bertz CT molecular complexity index is 671. The lowest BCUT2D eigenvalue weighted by atomic mass is 10.0. The number of thiophene rings is 1. The molecule has 1 aliphatic heterocycles. The first-order chi connectivity index (χ1) is 9.74. The molecule has 1 saturated carbocycles. The van der Waals surface area contributed by atoms with Crippen LogP contribution < -0.4 is 5.73 Å². The third kappa shape index (κ3) is 1.71. The molecule has 2 aromatic rings. The molecule has 104 valence electrons. The average molecular weight is 288 g/mol. The highest BCUT2D eigenvalue weighted by atomic mass is 32.1. The Labute approximate surface area is 120 Å². The van der Waals surface area contributed by atoms with E-state index in [1.54, 1.807) is 12.4 Å². The van der Waals surface area contributed by atoms with Crippen molar-refractivity contribution in [2.24, 2.45) is 11.8 Å². The van der Waals surface area contributed by atoms with E-state index in [4.69, 9.17) is 5.73 Å². The molecule has 3 heterocycles. The first-order valence-electron chi connectivity index (χ1n) is 7.02. The number of anilines is 1. The smallest absolute Gasteiger partial charge is 0.266 e. The molecule has 1 amide bonds. The second-order valence-electron chi connectivity index (χ2n) is 5.72. The monoisotopic (exact) mass is 288 g/mol. The van der Waals surface area contributed by atoms with Crippen molar-refractivity contribution in [2.45, 2.75) is 19.3 Å². The lowest BCUT2D eigenvalue weighted by Crippen LogP contribution is -2.29. The Balaban J connectivity index is 1.66. The molecule has 2 atom stereocenters. The van der Waals surface area contributed by atoms with Gasteiger partial charge in [0.2, 0.25) is 0 Å². The molecular weight excluding hydrogens is 272 g/mol. The van der Waals surface area contributed by atoms with E-state index in [2.05, 4.69) is 9.97 Å². The minimum Gasteiger partial charge on any atom is -0.396 e. The molecule has 2 unspecified atom stereocenters. The van der Waals surface area contributed by atoms with Crippen LogP contribution in [0.25, 0.3) is 10.3 Å². The van der Waals surface area contributed by atoms with E-state index in [9.17, 15) is 4.79 Å². The summed E-state index contributed by atoms with van der Waals surface area (Å²) in [7, 11) is 0. The number of hydrogen-bond acceptors (Lipinski definition) is 5. The molecule has 0 bridgehead atoms. The molecule has 0 aromatic carbocycles. The summed E-state index contributed by atoms with van der Waals surface area (Å²) in [4.78, 5) is 24.4. The number of carbonyl (C=O) groups excluding carboxylic acids is 1. The van der Waals surface area contributed by atoms with Gasteiger partial charge < -0.3 is 10.6 Å². The summed E-state index contributed by atoms with van der Waals surface area (Å²) in [6.07, 6.45) is 7.09. The van der Waals surface area contributed by atoms with Crippen LogP contribution in [0.15, 0.2) is 12.4 Å². The Hall–Kier alpha value is -1.69. The third-order valence-corrected chi connectivity index (χ3v) is 5.66. The third-order valence-electron chi connectivity index (χ3n) is 4.57. The molecule has 20 heavy (non-hydrogen) atoms. The zero-order chi connectivity index (χ0) is 13.7. The van der Waals surface area contributed by atoms with Gasteiger partial charge in [0, 0.05) is 25.5 Å². The van der Waals surface area contributed by atoms with Crippen LogP contribution in [0.1, 0.15) is 28.9 Å². The van der Waals surface area contributed by atoms with Gasteiger partial charge in [0.05, 0.1) is 5.69 Å². The molecule has 1 saturated heterocycles. The molecule has 2 N–H and O–H groups in total. The molecule has 4 rings (SSSR count). The van der Waals surface area contributed by atoms with E-state index in [-0.39, 0.29) is 5.91 Å². The van der Waals surface area contributed by atoms with Crippen LogP contribution in [0.3, 0.4) is 0 Å². The quantitative estimate of drug-likeness (QED) is 0.872. The van der Waals surface area contributed by atoms with Crippen LogP contribution in [-0.4, -0.2) is 33.9 Å². The van der Waals surface area contributed by atoms with Crippen molar-refractivity contribution in [1.29, 1.82) is 0 Å². The number of rotatable bonds is 1. The van der Waals surface area contributed by atoms with Crippen LogP contribution >= 0.6 is 11.3 Å². The highest BCUT2D eigenvalue weighted by molar-refractivity contribution is 7.21. The minimum absolute atomic E-state index is 0.0571. The predicted molar refractivity (Wildman–Crippen MR) is 78.6 cm³/mol. The first kappa shape index (κ1) is 12.1. The Morgan fingerprint density at radius 2 is 1.95 bits per heavy atom. The number of fused-ring (bicyclic) bond motifs is 2. The summed E-state index contributed by atoms with van der Waals surface area (Å²) in [6, 6.07) is 0. The van der Waals surface area contributed by atoms with Gasteiger partial charge in [-0.15, -0.1) is 11.3 Å². The molecule has 2 fully saturated rings. The van der Waals surface area contributed by atoms with Gasteiger partial charge in [-0.2, -0.15) is 0 Å². The largest absolute Gasteiger partial charge is 0.396 e. The molecule has 0 spiro atoms. The summed E-state index contributed by atoms with van der Waals surface area (Å²) in [6.45, 7) is 1.77. The van der Waals surface area contributed by atoms with Gasteiger partial charge >= 0.3 is 0 Å². The Morgan fingerprint density at radius 1 is 1.25 bits per heavy atom. The summed E-state index contributed by atoms with van der Waals surface area (Å²) in [5.41, 5.74) is 7.22. The van der Waals surface area contributed by atoms with Gasteiger partial charge in [-0.1, -0.05) is 6.42 Å².